The van der Waals surface area contributed by atoms with Gasteiger partial charge in [-0.25, -0.2) is 4.68 Å². The molecule has 1 heterocycles. The molecule has 1 aromatic heterocycles. The van der Waals surface area contributed by atoms with Crippen LogP contribution < -0.4 is 0 Å². The average Bonchev–Trinajstić information content (AvgIpc) is 2.79. The zero-order valence-corrected chi connectivity index (χ0v) is 9.13. The van der Waals surface area contributed by atoms with Gasteiger partial charge in [0.15, 0.2) is 0 Å². The fourth-order valence-corrected chi connectivity index (χ4v) is 1.58. The second kappa shape index (κ2) is 4.29. The van der Waals surface area contributed by atoms with Crippen molar-refractivity contribution < 1.29 is 26.3 Å². The molecule has 8 heteroatoms. The Balaban J connectivity index is 2.61. The van der Waals surface area contributed by atoms with Crippen molar-refractivity contribution in [2.45, 2.75) is 12.4 Å². The van der Waals surface area contributed by atoms with Crippen LogP contribution in [0.1, 0.15) is 11.1 Å². The molecule has 0 bridgehead atoms. The van der Waals surface area contributed by atoms with Crippen molar-refractivity contribution in [2.24, 2.45) is 0 Å². The molecule has 0 saturated carbocycles. The van der Waals surface area contributed by atoms with Gasteiger partial charge in [0.2, 0.25) is 0 Å². The molecular weight excluding hydrogens is 274 g/mol. The summed E-state index contributed by atoms with van der Waals surface area (Å²) in [6.07, 6.45) is -7.50. The van der Waals surface area contributed by atoms with Gasteiger partial charge in [0.05, 0.1) is 16.8 Å². The minimum Gasteiger partial charge on any atom is -0.241 e. The molecule has 0 aliphatic carbocycles. The highest BCUT2D eigenvalue weighted by Gasteiger charge is 2.43. The Morgan fingerprint density at radius 2 is 1.53 bits per heavy atom. The van der Waals surface area contributed by atoms with Crippen LogP contribution in [0.15, 0.2) is 36.7 Å². The summed E-state index contributed by atoms with van der Waals surface area (Å²) < 4.78 is 76.7. The molecule has 102 valence electrons. The second-order valence-electron chi connectivity index (χ2n) is 3.68. The normalized spacial score (nSPS) is 12.7. The molecule has 0 amide bonds. The van der Waals surface area contributed by atoms with E-state index in [0.717, 1.165) is 10.7 Å². The van der Waals surface area contributed by atoms with Crippen LogP contribution in [0, 0.1) is 0 Å². The van der Waals surface area contributed by atoms with E-state index in [2.05, 4.69) is 5.10 Å². The molecule has 2 nitrogen and oxygen atoms in total. The van der Waals surface area contributed by atoms with Gasteiger partial charge in [0.1, 0.15) is 0 Å². The molecule has 0 spiro atoms. The molecular formula is C11H6F6N2. The zero-order valence-electron chi connectivity index (χ0n) is 9.13. The third-order valence-electron chi connectivity index (χ3n) is 2.38. The Bertz CT molecular complexity index is 568. The molecule has 0 unspecified atom stereocenters. The Labute approximate surface area is 103 Å². The molecule has 0 atom stereocenters. The Kier molecular flexibility index (Phi) is 3.03. The summed E-state index contributed by atoms with van der Waals surface area (Å²) in [5, 5.41) is 3.67. The number of aromatic nitrogens is 2. The number of nitrogens with zero attached hydrogens (tertiary/aromatic N) is 2. The summed E-state index contributed by atoms with van der Waals surface area (Å²) in [6.45, 7) is 0. The standard InChI is InChI=1S/C11H6F6N2/c12-10(13,14)8-3-2-7(19-5-1-4-18-19)6-9(8)11(15,16)17/h1-6H. The number of alkyl halides is 6. The van der Waals surface area contributed by atoms with E-state index < -0.39 is 23.5 Å². The second-order valence-corrected chi connectivity index (χ2v) is 3.68. The predicted molar refractivity (Wildman–Crippen MR) is 53.6 cm³/mol. The molecule has 0 radical (unpaired) electrons. The summed E-state index contributed by atoms with van der Waals surface area (Å²) >= 11 is 0. The van der Waals surface area contributed by atoms with Crippen molar-refractivity contribution in [3.8, 4) is 5.69 Å². The van der Waals surface area contributed by atoms with Crippen LogP contribution >= 0.6 is 0 Å². The van der Waals surface area contributed by atoms with E-state index in [0.29, 0.717) is 12.1 Å². The van der Waals surface area contributed by atoms with E-state index in [-0.39, 0.29) is 5.69 Å². The molecule has 2 rings (SSSR count). The van der Waals surface area contributed by atoms with Gasteiger partial charge in [0.25, 0.3) is 0 Å². The highest BCUT2D eigenvalue weighted by molar-refractivity contribution is 5.42. The predicted octanol–water partition coefficient (Wildman–Crippen LogP) is 3.91. The molecule has 1 aromatic carbocycles. The Morgan fingerprint density at radius 3 is 2.00 bits per heavy atom. The van der Waals surface area contributed by atoms with Gasteiger partial charge >= 0.3 is 12.4 Å². The number of rotatable bonds is 1. The van der Waals surface area contributed by atoms with E-state index in [9.17, 15) is 26.3 Å². The quantitative estimate of drug-likeness (QED) is 0.724. The van der Waals surface area contributed by atoms with Crippen LogP contribution in [-0.4, -0.2) is 9.78 Å². The van der Waals surface area contributed by atoms with Crippen LogP contribution in [0.25, 0.3) is 5.69 Å². The monoisotopic (exact) mass is 280 g/mol. The molecule has 0 aliphatic heterocycles. The minimum absolute atomic E-state index is 0.0923. The van der Waals surface area contributed by atoms with Gasteiger partial charge in [-0.05, 0) is 24.3 Å². The van der Waals surface area contributed by atoms with E-state index in [1.165, 1.54) is 18.5 Å². The molecule has 19 heavy (non-hydrogen) atoms. The van der Waals surface area contributed by atoms with Gasteiger partial charge in [-0.15, -0.1) is 0 Å². The first-order valence-electron chi connectivity index (χ1n) is 4.98. The van der Waals surface area contributed by atoms with E-state index in [4.69, 9.17) is 0 Å². The summed E-state index contributed by atoms with van der Waals surface area (Å²) in [7, 11) is 0. The minimum atomic E-state index is -5.09. The first kappa shape index (κ1) is 13.4. The van der Waals surface area contributed by atoms with Crippen molar-refractivity contribution >= 4 is 0 Å². The van der Waals surface area contributed by atoms with Crippen molar-refractivity contribution in [3.05, 3.63) is 47.8 Å². The lowest BCUT2D eigenvalue weighted by Crippen LogP contribution is -2.17. The lowest BCUT2D eigenvalue weighted by Gasteiger charge is -2.16. The summed E-state index contributed by atoms with van der Waals surface area (Å²) in [5.74, 6) is 0. The topological polar surface area (TPSA) is 17.8 Å². The third-order valence-corrected chi connectivity index (χ3v) is 2.38. The third kappa shape index (κ3) is 2.72. The van der Waals surface area contributed by atoms with Gasteiger partial charge in [-0.1, -0.05) is 0 Å². The fourth-order valence-electron chi connectivity index (χ4n) is 1.58. The highest BCUT2D eigenvalue weighted by Crippen LogP contribution is 2.40. The average molecular weight is 280 g/mol. The smallest absolute Gasteiger partial charge is 0.241 e. The van der Waals surface area contributed by atoms with Gasteiger partial charge in [0, 0.05) is 12.4 Å². The van der Waals surface area contributed by atoms with Gasteiger partial charge in [-0.2, -0.15) is 31.4 Å². The SMILES string of the molecule is FC(F)(F)c1ccc(-n2cccn2)cc1C(F)(F)F. The van der Waals surface area contributed by atoms with Crippen LogP contribution in [0.4, 0.5) is 26.3 Å². The summed E-state index contributed by atoms with van der Waals surface area (Å²) in [6, 6.07) is 3.21. The maximum atomic E-state index is 12.7. The lowest BCUT2D eigenvalue weighted by molar-refractivity contribution is -0.162. The summed E-state index contributed by atoms with van der Waals surface area (Å²) in [4.78, 5) is 0. The van der Waals surface area contributed by atoms with Crippen LogP contribution in [0.3, 0.4) is 0 Å². The molecule has 2 aromatic rings. The maximum Gasteiger partial charge on any atom is 0.417 e. The first-order chi connectivity index (χ1) is 8.69. The Hall–Kier alpha value is -1.99. The first-order valence-corrected chi connectivity index (χ1v) is 4.98. The largest absolute Gasteiger partial charge is 0.417 e. The number of benzene rings is 1. The summed E-state index contributed by atoms with van der Waals surface area (Å²) in [5.41, 5.74) is -3.53. The van der Waals surface area contributed by atoms with E-state index in [1.54, 1.807) is 0 Å². The van der Waals surface area contributed by atoms with Crippen LogP contribution in [0.5, 0.6) is 0 Å². The molecule has 0 N–H and O–H groups in total. The van der Waals surface area contributed by atoms with Crippen LogP contribution in [0.2, 0.25) is 0 Å². The van der Waals surface area contributed by atoms with E-state index in [1.807, 2.05) is 0 Å². The van der Waals surface area contributed by atoms with Crippen LogP contribution in [-0.2, 0) is 12.4 Å². The lowest BCUT2D eigenvalue weighted by atomic mass is 10.1. The van der Waals surface area contributed by atoms with Crippen molar-refractivity contribution in [2.75, 3.05) is 0 Å². The molecule has 0 aliphatic rings. The fraction of sp³-hybridized carbons (Fsp3) is 0.182. The van der Waals surface area contributed by atoms with E-state index >= 15 is 0 Å². The Morgan fingerprint density at radius 1 is 0.895 bits per heavy atom. The van der Waals surface area contributed by atoms with Crippen molar-refractivity contribution in [1.82, 2.24) is 9.78 Å². The molecule has 0 fully saturated rings. The zero-order chi connectivity index (χ0) is 14.3. The molecule has 0 saturated heterocycles. The highest BCUT2D eigenvalue weighted by atomic mass is 19.4. The van der Waals surface area contributed by atoms with Gasteiger partial charge < -0.3 is 0 Å². The maximum absolute atomic E-state index is 12.7. The number of hydrogen-bond acceptors (Lipinski definition) is 1. The van der Waals surface area contributed by atoms with Crippen molar-refractivity contribution in [1.29, 1.82) is 0 Å². The number of hydrogen-bond donors (Lipinski definition) is 0. The van der Waals surface area contributed by atoms with Gasteiger partial charge in [-0.3, -0.25) is 0 Å². The van der Waals surface area contributed by atoms with Crippen molar-refractivity contribution in [3.63, 3.8) is 0 Å². The number of halogens is 6.